The maximum atomic E-state index is 12.5. The first kappa shape index (κ1) is 14.9. The van der Waals surface area contributed by atoms with Gasteiger partial charge in [-0.3, -0.25) is 4.68 Å². The number of nitrogens with two attached hydrogens (primary N) is 1. The molecule has 9 heteroatoms. The van der Waals surface area contributed by atoms with Gasteiger partial charge in [0, 0.05) is 6.20 Å². The first-order valence-corrected chi connectivity index (χ1v) is 6.74. The van der Waals surface area contributed by atoms with Crippen molar-refractivity contribution in [2.45, 2.75) is 19.1 Å². The van der Waals surface area contributed by atoms with Gasteiger partial charge in [0.15, 0.2) is 5.69 Å². The van der Waals surface area contributed by atoms with Gasteiger partial charge < -0.3 is 5.84 Å². The van der Waals surface area contributed by atoms with Crippen molar-refractivity contribution in [3.05, 3.63) is 39.3 Å². The molecule has 0 amide bonds. The van der Waals surface area contributed by atoms with Crippen LogP contribution in [-0.2, 0) is 6.18 Å². The Hall–Kier alpha value is -1.54. The lowest BCUT2D eigenvalue weighted by Crippen LogP contribution is -2.20. The number of hydrogen-bond acceptors (Lipinski definition) is 4. The molecule has 20 heavy (non-hydrogen) atoms. The van der Waals surface area contributed by atoms with Crippen LogP contribution in [0.4, 0.5) is 13.2 Å². The molecule has 0 aromatic carbocycles. The molecule has 2 heterocycles. The van der Waals surface area contributed by atoms with E-state index in [0.717, 1.165) is 10.7 Å². The molecule has 0 aliphatic carbocycles. The van der Waals surface area contributed by atoms with E-state index >= 15 is 0 Å². The van der Waals surface area contributed by atoms with Crippen molar-refractivity contribution < 1.29 is 13.2 Å². The minimum absolute atomic E-state index is 0.377. The molecule has 0 saturated carbocycles. The summed E-state index contributed by atoms with van der Waals surface area (Å²) in [5.74, 6) is 5.34. The second-order valence-electron chi connectivity index (χ2n) is 3.97. The molecular formula is C11H10ClF3N4S. The number of aromatic nitrogens is 2. The Kier molecular flexibility index (Phi) is 4.05. The highest BCUT2D eigenvalue weighted by Gasteiger charge is 2.34. The zero-order chi connectivity index (χ0) is 14.9. The van der Waals surface area contributed by atoms with Gasteiger partial charge in [0.25, 0.3) is 0 Å². The van der Waals surface area contributed by atoms with Crippen LogP contribution in [0.2, 0.25) is 5.02 Å². The van der Waals surface area contributed by atoms with Crippen LogP contribution in [0.25, 0.3) is 0 Å². The zero-order valence-electron chi connectivity index (χ0n) is 10.2. The summed E-state index contributed by atoms with van der Waals surface area (Å²) < 4.78 is 38.8. The number of alkyl halides is 3. The summed E-state index contributed by atoms with van der Waals surface area (Å²) in [7, 11) is 0. The molecule has 2 aromatic heterocycles. The number of thiophene rings is 1. The van der Waals surface area contributed by atoms with Crippen molar-refractivity contribution in [3.63, 3.8) is 0 Å². The smallest absolute Gasteiger partial charge is 0.323 e. The molecule has 0 aliphatic heterocycles. The Labute approximate surface area is 121 Å². The summed E-state index contributed by atoms with van der Waals surface area (Å²) in [6, 6.07) is 2.01. The largest absolute Gasteiger partial charge is 0.435 e. The van der Waals surface area contributed by atoms with Gasteiger partial charge in [-0.2, -0.15) is 23.4 Å². The normalized spacial score (nSPS) is 14.6. The Balaban J connectivity index is 2.33. The van der Waals surface area contributed by atoms with Crippen LogP contribution in [0, 0.1) is 0 Å². The molecular weight excluding hydrogens is 313 g/mol. The topological polar surface area (TPSA) is 56.2 Å². The molecule has 2 rings (SSSR count). The minimum atomic E-state index is -4.48. The van der Waals surface area contributed by atoms with E-state index in [4.69, 9.17) is 17.4 Å². The molecule has 1 atom stereocenters. The Bertz CT molecular complexity index is 632. The third-order valence-corrected chi connectivity index (χ3v) is 4.04. The standard InChI is InChI=1S/C11H10ClF3N4S/c1-6(9(17-16)10-7(12)3-5-20-10)19-4-2-8(18-19)11(13,14)15/h2-6H,16H2,1H3. The lowest BCUT2D eigenvalue weighted by molar-refractivity contribution is -0.141. The van der Waals surface area contributed by atoms with E-state index in [1.54, 1.807) is 18.4 Å². The lowest BCUT2D eigenvalue weighted by atomic mass is 10.2. The molecule has 1 unspecified atom stereocenters. The molecule has 2 N–H and O–H groups in total. The number of nitrogens with zero attached hydrogens (tertiary/aromatic N) is 3. The van der Waals surface area contributed by atoms with Gasteiger partial charge in [-0.05, 0) is 24.4 Å². The van der Waals surface area contributed by atoms with Gasteiger partial charge >= 0.3 is 6.18 Å². The molecule has 0 fully saturated rings. The average Bonchev–Trinajstić information content (AvgIpc) is 2.99. The molecule has 0 radical (unpaired) electrons. The van der Waals surface area contributed by atoms with Gasteiger partial charge in [0.1, 0.15) is 5.71 Å². The van der Waals surface area contributed by atoms with E-state index in [9.17, 15) is 13.2 Å². The molecule has 0 aliphatic rings. The zero-order valence-corrected chi connectivity index (χ0v) is 11.8. The van der Waals surface area contributed by atoms with E-state index in [0.29, 0.717) is 15.6 Å². The molecule has 4 nitrogen and oxygen atoms in total. The second kappa shape index (κ2) is 5.45. The molecule has 0 bridgehead atoms. The first-order valence-electron chi connectivity index (χ1n) is 5.48. The highest BCUT2D eigenvalue weighted by Crippen LogP contribution is 2.30. The molecule has 0 spiro atoms. The fraction of sp³-hybridized carbons (Fsp3) is 0.273. The van der Waals surface area contributed by atoms with Crippen LogP contribution in [0.3, 0.4) is 0 Å². The number of hydrogen-bond donors (Lipinski definition) is 1. The van der Waals surface area contributed by atoms with Crippen molar-refractivity contribution in [1.82, 2.24) is 9.78 Å². The average molecular weight is 323 g/mol. The predicted molar refractivity (Wildman–Crippen MR) is 72.0 cm³/mol. The van der Waals surface area contributed by atoms with Crippen molar-refractivity contribution >= 4 is 28.6 Å². The van der Waals surface area contributed by atoms with E-state index in [2.05, 4.69) is 10.2 Å². The SMILES string of the molecule is CC(C(=NN)c1sccc1Cl)n1ccc(C(F)(F)F)n1. The Morgan fingerprint density at radius 1 is 1.50 bits per heavy atom. The predicted octanol–water partition coefficient (Wildman–Crippen LogP) is 3.54. The maximum absolute atomic E-state index is 12.5. The summed E-state index contributed by atoms with van der Waals surface area (Å²) in [5.41, 5.74) is -0.583. The summed E-state index contributed by atoms with van der Waals surface area (Å²) >= 11 is 7.30. The van der Waals surface area contributed by atoms with Crippen molar-refractivity contribution in [2.24, 2.45) is 10.9 Å². The van der Waals surface area contributed by atoms with Crippen molar-refractivity contribution in [1.29, 1.82) is 0 Å². The van der Waals surface area contributed by atoms with Gasteiger partial charge in [0.2, 0.25) is 0 Å². The van der Waals surface area contributed by atoms with E-state index in [1.165, 1.54) is 17.5 Å². The third kappa shape index (κ3) is 2.80. The number of halogens is 4. The van der Waals surface area contributed by atoms with Crippen molar-refractivity contribution in [3.8, 4) is 0 Å². The maximum Gasteiger partial charge on any atom is 0.435 e. The minimum Gasteiger partial charge on any atom is -0.323 e. The van der Waals surface area contributed by atoms with Crippen molar-refractivity contribution in [2.75, 3.05) is 0 Å². The highest BCUT2D eigenvalue weighted by atomic mass is 35.5. The fourth-order valence-electron chi connectivity index (χ4n) is 1.66. The summed E-state index contributed by atoms with van der Waals surface area (Å²) in [5, 5.41) is 9.35. The Morgan fingerprint density at radius 2 is 2.20 bits per heavy atom. The van der Waals surface area contributed by atoms with Crippen LogP contribution in [-0.4, -0.2) is 15.5 Å². The number of rotatable bonds is 3. The van der Waals surface area contributed by atoms with Gasteiger partial charge in [-0.15, -0.1) is 11.3 Å². The monoisotopic (exact) mass is 322 g/mol. The van der Waals surface area contributed by atoms with Crippen LogP contribution < -0.4 is 5.84 Å². The quantitative estimate of drug-likeness (QED) is 0.534. The molecule has 108 valence electrons. The lowest BCUT2D eigenvalue weighted by Gasteiger charge is -2.14. The first-order chi connectivity index (χ1) is 9.34. The molecule has 0 saturated heterocycles. The van der Waals surface area contributed by atoms with Crippen LogP contribution in [0.1, 0.15) is 23.5 Å². The van der Waals surface area contributed by atoms with E-state index < -0.39 is 17.9 Å². The molecule has 2 aromatic rings. The van der Waals surface area contributed by atoms with Crippen LogP contribution in [0.15, 0.2) is 28.8 Å². The van der Waals surface area contributed by atoms with Gasteiger partial charge in [-0.25, -0.2) is 0 Å². The second-order valence-corrected chi connectivity index (χ2v) is 5.29. The Morgan fingerprint density at radius 3 is 2.65 bits per heavy atom. The fourth-order valence-corrected chi connectivity index (χ4v) is 2.90. The van der Waals surface area contributed by atoms with Gasteiger partial charge in [-0.1, -0.05) is 11.6 Å². The summed E-state index contributed by atoms with van der Waals surface area (Å²) in [6.45, 7) is 1.65. The highest BCUT2D eigenvalue weighted by molar-refractivity contribution is 7.12. The summed E-state index contributed by atoms with van der Waals surface area (Å²) in [4.78, 5) is 0.616. The van der Waals surface area contributed by atoms with Crippen LogP contribution >= 0.6 is 22.9 Å². The van der Waals surface area contributed by atoms with E-state index in [1.807, 2.05) is 0 Å². The summed E-state index contributed by atoms with van der Waals surface area (Å²) in [6.07, 6.45) is -3.24. The van der Waals surface area contributed by atoms with Gasteiger partial charge in [0.05, 0.1) is 15.9 Å². The number of hydrazone groups is 1. The third-order valence-electron chi connectivity index (χ3n) is 2.68. The van der Waals surface area contributed by atoms with Crippen LogP contribution in [0.5, 0.6) is 0 Å². The van der Waals surface area contributed by atoms with E-state index in [-0.39, 0.29) is 0 Å².